The van der Waals surface area contributed by atoms with Gasteiger partial charge in [-0.25, -0.2) is 0 Å². The third-order valence-electron chi connectivity index (χ3n) is 3.46. The third-order valence-corrected chi connectivity index (χ3v) is 5.79. The van der Waals surface area contributed by atoms with E-state index in [-0.39, 0.29) is 0 Å². The molecule has 0 fully saturated rings. The zero-order chi connectivity index (χ0) is 15.6. The van der Waals surface area contributed by atoms with Gasteiger partial charge in [0.15, 0.2) is 0 Å². The average molecular weight is 328 g/mol. The Morgan fingerprint density at radius 1 is 0.900 bits per heavy atom. The molecule has 0 amide bonds. The summed E-state index contributed by atoms with van der Waals surface area (Å²) >= 11 is 5.62. The zero-order valence-electron chi connectivity index (χ0n) is 13.3. The molecule has 0 atom stereocenters. The lowest BCUT2D eigenvalue weighted by molar-refractivity contribution is 0.281. The minimum Gasteiger partial charge on any atom is -0.304 e. The minimum atomic E-state index is -3.35. The summed E-state index contributed by atoms with van der Waals surface area (Å²) in [6.45, 7) is 10.6. The van der Waals surface area contributed by atoms with Gasteiger partial charge in [-0.15, -0.1) is 11.6 Å². The van der Waals surface area contributed by atoms with Crippen molar-refractivity contribution in [3.63, 3.8) is 0 Å². The van der Waals surface area contributed by atoms with Crippen LogP contribution in [0.15, 0.2) is 0 Å². The molecule has 0 aromatic rings. The normalized spacial score (nSPS) is 12.8. The van der Waals surface area contributed by atoms with Crippen LogP contribution in [0.5, 0.6) is 0 Å². The van der Waals surface area contributed by atoms with E-state index in [1.165, 1.54) is 4.31 Å². The van der Waals surface area contributed by atoms with Gasteiger partial charge in [0.25, 0.3) is 10.2 Å². The van der Waals surface area contributed by atoms with Crippen LogP contribution in [0.3, 0.4) is 0 Å². The molecule has 0 radical (unpaired) electrons. The summed E-state index contributed by atoms with van der Waals surface area (Å²) in [6.07, 6.45) is 1.53. The number of hydrogen-bond acceptors (Lipinski definition) is 3. The van der Waals surface area contributed by atoms with E-state index in [0.29, 0.717) is 31.9 Å². The molecule has 0 aliphatic carbocycles. The van der Waals surface area contributed by atoms with Crippen molar-refractivity contribution in [1.29, 1.82) is 0 Å². The molecule has 0 aliphatic rings. The van der Waals surface area contributed by atoms with Gasteiger partial charge in [-0.05, 0) is 32.5 Å². The van der Waals surface area contributed by atoms with Crippen LogP contribution in [0.1, 0.15) is 33.6 Å². The lowest BCUT2D eigenvalue weighted by Gasteiger charge is -2.27. The van der Waals surface area contributed by atoms with E-state index in [2.05, 4.69) is 18.7 Å². The van der Waals surface area contributed by atoms with Crippen molar-refractivity contribution in [3.05, 3.63) is 0 Å². The number of halogens is 1. The first-order chi connectivity index (χ1) is 9.43. The van der Waals surface area contributed by atoms with Crippen LogP contribution in [0.4, 0.5) is 0 Å². The number of hydrogen-bond donors (Lipinski definition) is 0. The van der Waals surface area contributed by atoms with Crippen LogP contribution in [-0.2, 0) is 10.2 Å². The second-order valence-corrected chi connectivity index (χ2v) is 7.16. The highest BCUT2D eigenvalue weighted by Crippen LogP contribution is 2.08. The molecule has 0 N–H and O–H groups in total. The molecule has 0 unspecified atom stereocenters. The second kappa shape index (κ2) is 10.8. The maximum atomic E-state index is 12.4. The smallest absolute Gasteiger partial charge is 0.281 e. The molecule has 5 nitrogen and oxygen atoms in total. The van der Waals surface area contributed by atoms with Crippen LogP contribution in [-0.4, -0.2) is 74.1 Å². The molecule has 0 spiro atoms. The first kappa shape index (κ1) is 20.1. The van der Waals surface area contributed by atoms with Crippen LogP contribution < -0.4 is 0 Å². The largest absolute Gasteiger partial charge is 0.304 e. The highest BCUT2D eigenvalue weighted by molar-refractivity contribution is 7.86. The fraction of sp³-hybridized carbons (Fsp3) is 1.00. The molecular weight excluding hydrogens is 298 g/mol. The fourth-order valence-corrected chi connectivity index (χ4v) is 3.60. The van der Waals surface area contributed by atoms with Crippen molar-refractivity contribution >= 4 is 21.8 Å². The Kier molecular flexibility index (Phi) is 10.9. The molecule has 0 bridgehead atoms. The molecule has 0 saturated heterocycles. The Morgan fingerprint density at radius 2 is 1.50 bits per heavy atom. The van der Waals surface area contributed by atoms with Gasteiger partial charge in [0.1, 0.15) is 0 Å². The summed E-state index contributed by atoms with van der Waals surface area (Å²) in [4.78, 5) is 2.30. The highest BCUT2D eigenvalue weighted by Gasteiger charge is 2.24. The van der Waals surface area contributed by atoms with Crippen molar-refractivity contribution < 1.29 is 8.42 Å². The van der Waals surface area contributed by atoms with Gasteiger partial charge >= 0.3 is 0 Å². The molecule has 0 saturated carbocycles. The molecule has 0 rings (SSSR count). The maximum Gasteiger partial charge on any atom is 0.281 e. The van der Waals surface area contributed by atoms with Gasteiger partial charge in [-0.3, -0.25) is 0 Å². The van der Waals surface area contributed by atoms with E-state index in [0.717, 1.165) is 26.1 Å². The quantitative estimate of drug-likeness (QED) is 0.514. The van der Waals surface area contributed by atoms with Crippen molar-refractivity contribution in [3.8, 4) is 0 Å². The summed E-state index contributed by atoms with van der Waals surface area (Å²) in [7, 11) is -1.73. The van der Waals surface area contributed by atoms with Gasteiger partial charge < -0.3 is 4.90 Å². The van der Waals surface area contributed by atoms with Gasteiger partial charge in [0.2, 0.25) is 0 Å². The molecule has 122 valence electrons. The van der Waals surface area contributed by atoms with Crippen molar-refractivity contribution in [2.75, 3.05) is 52.2 Å². The second-order valence-electron chi connectivity index (χ2n) is 4.74. The molecule has 20 heavy (non-hydrogen) atoms. The predicted octanol–water partition coefficient (Wildman–Crippen LogP) is 1.85. The van der Waals surface area contributed by atoms with E-state index in [9.17, 15) is 8.42 Å². The standard InChI is InChI=1S/C13H30ClN3O2S/c1-5-16(6-2)12-9-13-17(7-3)20(18,19)15(4)11-8-10-14/h5-13H2,1-4H3. The Hall–Kier alpha value is 0.120. The minimum absolute atomic E-state index is 0.471. The predicted molar refractivity (Wildman–Crippen MR) is 86.5 cm³/mol. The molecule has 7 heteroatoms. The summed E-state index contributed by atoms with van der Waals surface area (Å²) < 4.78 is 27.7. The van der Waals surface area contributed by atoms with Crippen molar-refractivity contribution in [2.45, 2.75) is 33.6 Å². The zero-order valence-corrected chi connectivity index (χ0v) is 14.9. The summed E-state index contributed by atoms with van der Waals surface area (Å²) in [6, 6.07) is 0. The summed E-state index contributed by atoms with van der Waals surface area (Å²) in [5.74, 6) is 0.480. The lowest BCUT2D eigenvalue weighted by Crippen LogP contribution is -2.43. The lowest BCUT2D eigenvalue weighted by atomic mass is 10.3. The SMILES string of the molecule is CCN(CC)CCCN(CC)S(=O)(=O)N(C)CCCCl. The van der Waals surface area contributed by atoms with Gasteiger partial charge in [-0.1, -0.05) is 20.8 Å². The number of alkyl halides is 1. The Balaban J connectivity index is 4.42. The third kappa shape index (κ3) is 6.72. The molecule has 0 aromatic heterocycles. The highest BCUT2D eigenvalue weighted by atomic mass is 35.5. The Morgan fingerprint density at radius 3 is 1.95 bits per heavy atom. The van der Waals surface area contributed by atoms with E-state index < -0.39 is 10.2 Å². The van der Waals surface area contributed by atoms with Gasteiger partial charge in [-0.2, -0.15) is 17.0 Å². The van der Waals surface area contributed by atoms with Crippen LogP contribution >= 0.6 is 11.6 Å². The van der Waals surface area contributed by atoms with E-state index in [4.69, 9.17) is 11.6 Å². The van der Waals surface area contributed by atoms with Gasteiger partial charge in [0.05, 0.1) is 0 Å². The van der Waals surface area contributed by atoms with Crippen LogP contribution in [0, 0.1) is 0 Å². The first-order valence-corrected chi connectivity index (χ1v) is 9.36. The van der Waals surface area contributed by atoms with Gasteiger partial charge in [0, 0.05) is 32.6 Å². The Bertz CT molecular complexity index is 335. The molecule has 0 heterocycles. The molecular formula is C13H30ClN3O2S. The van der Waals surface area contributed by atoms with Crippen molar-refractivity contribution in [2.24, 2.45) is 0 Å². The maximum absolute atomic E-state index is 12.4. The molecule has 0 aromatic carbocycles. The average Bonchev–Trinajstić information content (AvgIpc) is 2.44. The van der Waals surface area contributed by atoms with Crippen LogP contribution in [0.25, 0.3) is 0 Å². The van der Waals surface area contributed by atoms with Crippen LogP contribution in [0.2, 0.25) is 0 Å². The fourth-order valence-electron chi connectivity index (χ4n) is 2.04. The monoisotopic (exact) mass is 327 g/mol. The number of nitrogens with zero attached hydrogens (tertiary/aromatic N) is 3. The molecule has 0 aliphatic heterocycles. The van der Waals surface area contributed by atoms with E-state index in [1.54, 1.807) is 11.4 Å². The van der Waals surface area contributed by atoms with E-state index >= 15 is 0 Å². The van der Waals surface area contributed by atoms with Crippen molar-refractivity contribution in [1.82, 2.24) is 13.5 Å². The summed E-state index contributed by atoms with van der Waals surface area (Å²) in [5.41, 5.74) is 0. The summed E-state index contributed by atoms with van der Waals surface area (Å²) in [5, 5.41) is 0. The number of rotatable bonds is 12. The topological polar surface area (TPSA) is 43.9 Å². The van der Waals surface area contributed by atoms with E-state index in [1.807, 2.05) is 6.92 Å². The first-order valence-electron chi connectivity index (χ1n) is 7.43. The Labute approximate surface area is 130 Å².